The third kappa shape index (κ3) is 4.45. The third-order valence-electron chi connectivity index (χ3n) is 4.85. The van der Waals surface area contributed by atoms with Crippen LogP contribution in [0.25, 0.3) is 21.9 Å². The quantitative estimate of drug-likeness (QED) is 0.449. The second kappa shape index (κ2) is 8.79. The van der Waals surface area contributed by atoms with E-state index in [4.69, 9.17) is 18.6 Å². The highest BCUT2D eigenvalue weighted by Gasteiger charge is 2.14. The van der Waals surface area contributed by atoms with E-state index in [0.29, 0.717) is 22.7 Å². The normalized spacial score (nSPS) is 10.8. The van der Waals surface area contributed by atoms with Crippen LogP contribution < -0.4 is 14.8 Å². The summed E-state index contributed by atoms with van der Waals surface area (Å²) in [4.78, 5) is 24.4. The Balaban J connectivity index is 1.37. The van der Waals surface area contributed by atoms with Crippen molar-refractivity contribution in [3.05, 3.63) is 66.2 Å². The van der Waals surface area contributed by atoms with Crippen LogP contribution in [0.15, 0.2) is 65.1 Å². The maximum Gasteiger partial charge on any atom is 0.310 e. The van der Waals surface area contributed by atoms with Gasteiger partial charge < -0.3 is 23.9 Å². The fourth-order valence-electron chi connectivity index (χ4n) is 3.35. The van der Waals surface area contributed by atoms with Crippen LogP contribution in [0.1, 0.15) is 5.56 Å². The molecule has 0 fully saturated rings. The van der Waals surface area contributed by atoms with Crippen molar-refractivity contribution in [3.63, 3.8) is 0 Å². The SMILES string of the molecule is COc1ccc(CC(=O)OCC(=O)Nc2ccc3oc4ccccc4c3c2)c(OC)c1. The number of carbonyl (C=O) groups is 2. The van der Waals surface area contributed by atoms with Crippen LogP contribution in [0.5, 0.6) is 11.5 Å². The van der Waals surface area contributed by atoms with E-state index in [1.807, 2.05) is 30.3 Å². The van der Waals surface area contributed by atoms with E-state index < -0.39 is 11.9 Å². The summed E-state index contributed by atoms with van der Waals surface area (Å²) in [5.41, 5.74) is 2.76. The summed E-state index contributed by atoms with van der Waals surface area (Å²) in [7, 11) is 3.06. The lowest BCUT2D eigenvalue weighted by Gasteiger charge is -2.10. The molecule has 0 unspecified atom stereocenters. The van der Waals surface area contributed by atoms with Crippen LogP contribution in [-0.4, -0.2) is 32.7 Å². The van der Waals surface area contributed by atoms with Crippen molar-refractivity contribution < 1.29 is 28.2 Å². The third-order valence-corrected chi connectivity index (χ3v) is 4.85. The van der Waals surface area contributed by atoms with Gasteiger partial charge in [0.1, 0.15) is 22.7 Å². The first-order valence-corrected chi connectivity index (χ1v) is 9.65. The van der Waals surface area contributed by atoms with Gasteiger partial charge in [0.05, 0.1) is 20.6 Å². The highest BCUT2D eigenvalue weighted by atomic mass is 16.5. The number of furan rings is 1. The van der Waals surface area contributed by atoms with Crippen LogP contribution in [0.3, 0.4) is 0 Å². The number of nitrogens with one attached hydrogen (secondary N) is 1. The van der Waals surface area contributed by atoms with Crippen LogP contribution >= 0.6 is 0 Å². The van der Waals surface area contributed by atoms with Gasteiger partial charge in [-0.25, -0.2) is 0 Å². The Kier molecular flexibility index (Phi) is 5.75. The molecule has 7 heteroatoms. The van der Waals surface area contributed by atoms with Crippen molar-refractivity contribution in [1.82, 2.24) is 0 Å². The van der Waals surface area contributed by atoms with Crippen LogP contribution in [-0.2, 0) is 20.7 Å². The molecule has 0 spiro atoms. The van der Waals surface area contributed by atoms with Crippen molar-refractivity contribution in [3.8, 4) is 11.5 Å². The predicted molar refractivity (Wildman–Crippen MR) is 117 cm³/mol. The number of esters is 1. The maximum atomic E-state index is 12.3. The van der Waals surface area contributed by atoms with Crippen molar-refractivity contribution in [2.45, 2.75) is 6.42 Å². The lowest BCUT2D eigenvalue weighted by molar-refractivity contribution is -0.146. The summed E-state index contributed by atoms with van der Waals surface area (Å²) in [6.07, 6.45) is -0.0204. The van der Waals surface area contributed by atoms with E-state index in [-0.39, 0.29) is 13.0 Å². The van der Waals surface area contributed by atoms with E-state index in [1.54, 1.807) is 37.4 Å². The molecule has 0 atom stereocenters. The Bertz CT molecular complexity index is 1260. The minimum Gasteiger partial charge on any atom is -0.497 e. The zero-order chi connectivity index (χ0) is 21.8. The minimum atomic E-state index is -0.533. The Labute approximate surface area is 178 Å². The van der Waals surface area contributed by atoms with Crippen molar-refractivity contribution in [2.24, 2.45) is 0 Å². The van der Waals surface area contributed by atoms with Gasteiger partial charge in [-0.15, -0.1) is 0 Å². The molecule has 1 heterocycles. The molecule has 0 aliphatic carbocycles. The van der Waals surface area contributed by atoms with E-state index >= 15 is 0 Å². The number of hydrogen-bond donors (Lipinski definition) is 1. The monoisotopic (exact) mass is 419 g/mol. The van der Waals surface area contributed by atoms with Gasteiger partial charge in [-0.3, -0.25) is 9.59 Å². The lowest BCUT2D eigenvalue weighted by Crippen LogP contribution is -2.21. The Hall–Kier alpha value is -4.00. The highest BCUT2D eigenvalue weighted by molar-refractivity contribution is 6.07. The Morgan fingerprint density at radius 3 is 2.52 bits per heavy atom. The predicted octanol–water partition coefficient (Wildman–Crippen LogP) is 4.33. The molecule has 3 aromatic carbocycles. The summed E-state index contributed by atoms with van der Waals surface area (Å²) >= 11 is 0. The number of fused-ring (bicyclic) bond motifs is 3. The summed E-state index contributed by atoms with van der Waals surface area (Å²) in [6, 6.07) is 18.2. The molecule has 1 amide bonds. The van der Waals surface area contributed by atoms with E-state index in [1.165, 1.54) is 7.11 Å². The van der Waals surface area contributed by atoms with Gasteiger partial charge in [0.2, 0.25) is 0 Å². The van der Waals surface area contributed by atoms with Gasteiger partial charge in [0, 0.05) is 28.1 Å². The summed E-state index contributed by atoms with van der Waals surface area (Å²) in [5, 5.41) is 4.61. The number of methoxy groups -OCH3 is 2. The van der Waals surface area contributed by atoms with Crippen molar-refractivity contribution in [1.29, 1.82) is 0 Å². The first-order chi connectivity index (χ1) is 15.1. The molecule has 0 aliphatic heterocycles. The van der Waals surface area contributed by atoms with Crippen molar-refractivity contribution >= 4 is 39.5 Å². The van der Waals surface area contributed by atoms with Gasteiger partial charge in [0.25, 0.3) is 5.91 Å². The van der Waals surface area contributed by atoms with Crippen LogP contribution in [0, 0.1) is 0 Å². The summed E-state index contributed by atoms with van der Waals surface area (Å²) in [6.45, 7) is -0.387. The molecule has 4 aromatic rings. The summed E-state index contributed by atoms with van der Waals surface area (Å²) in [5.74, 6) is 0.175. The maximum absolute atomic E-state index is 12.3. The second-order valence-electron chi connectivity index (χ2n) is 6.87. The van der Waals surface area contributed by atoms with Crippen LogP contribution in [0.2, 0.25) is 0 Å². The van der Waals surface area contributed by atoms with E-state index in [2.05, 4.69) is 5.32 Å². The van der Waals surface area contributed by atoms with E-state index in [0.717, 1.165) is 21.9 Å². The zero-order valence-corrected chi connectivity index (χ0v) is 17.1. The second-order valence-corrected chi connectivity index (χ2v) is 6.87. The Morgan fingerprint density at radius 2 is 1.71 bits per heavy atom. The smallest absolute Gasteiger partial charge is 0.310 e. The molecule has 4 rings (SSSR count). The fourth-order valence-corrected chi connectivity index (χ4v) is 3.35. The topological polar surface area (TPSA) is 87.0 Å². The molecule has 0 bridgehead atoms. The van der Waals surface area contributed by atoms with Gasteiger partial charge in [0.15, 0.2) is 6.61 Å². The molecule has 1 N–H and O–H groups in total. The molecule has 31 heavy (non-hydrogen) atoms. The largest absolute Gasteiger partial charge is 0.497 e. The average Bonchev–Trinajstić information content (AvgIpc) is 3.16. The molecule has 0 saturated carbocycles. The molecule has 158 valence electrons. The van der Waals surface area contributed by atoms with Crippen molar-refractivity contribution in [2.75, 3.05) is 26.1 Å². The van der Waals surface area contributed by atoms with Gasteiger partial charge in [-0.05, 0) is 30.3 Å². The standard InChI is InChI=1S/C24H21NO6/c1-28-17-9-7-15(22(13-17)29-2)11-24(27)30-14-23(26)25-16-8-10-21-19(12-16)18-5-3-4-6-20(18)31-21/h3-10,12-13H,11,14H2,1-2H3,(H,25,26). The van der Waals surface area contributed by atoms with E-state index in [9.17, 15) is 9.59 Å². The minimum absolute atomic E-state index is 0.0204. The molecular weight excluding hydrogens is 398 g/mol. The van der Waals surface area contributed by atoms with Gasteiger partial charge in [-0.2, -0.15) is 0 Å². The first kappa shape index (κ1) is 20.3. The molecule has 1 aromatic heterocycles. The van der Waals surface area contributed by atoms with Crippen LogP contribution in [0.4, 0.5) is 5.69 Å². The number of rotatable bonds is 7. The Morgan fingerprint density at radius 1 is 0.903 bits per heavy atom. The highest BCUT2D eigenvalue weighted by Crippen LogP contribution is 2.30. The lowest BCUT2D eigenvalue weighted by atomic mass is 10.1. The molecular formula is C24H21NO6. The van der Waals surface area contributed by atoms with Gasteiger partial charge >= 0.3 is 5.97 Å². The number of benzene rings is 3. The first-order valence-electron chi connectivity index (χ1n) is 9.65. The molecule has 0 radical (unpaired) electrons. The number of anilines is 1. The number of carbonyl (C=O) groups excluding carboxylic acids is 2. The van der Waals surface area contributed by atoms with Gasteiger partial charge in [-0.1, -0.05) is 24.3 Å². The number of amides is 1. The fraction of sp³-hybridized carbons (Fsp3) is 0.167. The molecule has 0 saturated heterocycles. The summed E-state index contributed by atoms with van der Waals surface area (Å²) < 4.78 is 21.3. The number of ether oxygens (including phenoxy) is 3. The zero-order valence-electron chi connectivity index (χ0n) is 17.1. The average molecular weight is 419 g/mol. The molecule has 0 aliphatic rings. The number of para-hydroxylation sites is 1. The molecule has 7 nitrogen and oxygen atoms in total. The number of hydrogen-bond acceptors (Lipinski definition) is 6.